The fourth-order valence-corrected chi connectivity index (χ4v) is 3.83. The SMILES string of the molecule is Cc1cc(NC(=O)c2ccccc2F)cc(-c2nc3ccccc3s2)c1O. The highest BCUT2D eigenvalue weighted by molar-refractivity contribution is 7.21. The summed E-state index contributed by atoms with van der Waals surface area (Å²) in [6.07, 6.45) is 0. The fourth-order valence-electron chi connectivity index (χ4n) is 2.85. The number of carbonyl (C=O) groups excluding carboxylic acids is 1. The van der Waals surface area contributed by atoms with Gasteiger partial charge in [0, 0.05) is 5.69 Å². The molecule has 4 nitrogen and oxygen atoms in total. The van der Waals surface area contributed by atoms with E-state index in [1.54, 1.807) is 25.1 Å². The van der Waals surface area contributed by atoms with Gasteiger partial charge >= 0.3 is 0 Å². The predicted molar refractivity (Wildman–Crippen MR) is 106 cm³/mol. The fraction of sp³-hybridized carbons (Fsp3) is 0.0476. The summed E-state index contributed by atoms with van der Waals surface area (Å²) in [5, 5.41) is 13.8. The Morgan fingerprint density at radius 3 is 2.63 bits per heavy atom. The smallest absolute Gasteiger partial charge is 0.258 e. The number of hydrogen-bond acceptors (Lipinski definition) is 4. The van der Waals surface area contributed by atoms with Gasteiger partial charge in [-0.1, -0.05) is 24.3 Å². The molecule has 3 aromatic carbocycles. The van der Waals surface area contributed by atoms with Gasteiger partial charge in [-0.3, -0.25) is 4.79 Å². The third-order valence-corrected chi connectivity index (χ3v) is 5.27. The minimum Gasteiger partial charge on any atom is -0.507 e. The van der Waals surface area contributed by atoms with E-state index in [1.807, 2.05) is 24.3 Å². The number of para-hydroxylation sites is 1. The Bertz CT molecular complexity index is 1140. The van der Waals surface area contributed by atoms with Crippen molar-refractivity contribution >= 4 is 33.1 Å². The number of aryl methyl sites for hydroxylation is 1. The number of benzene rings is 3. The number of hydrogen-bond donors (Lipinski definition) is 2. The molecule has 0 unspecified atom stereocenters. The van der Waals surface area contributed by atoms with Crippen LogP contribution in [0.3, 0.4) is 0 Å². The van der Waals surface area contributed by atoms with Crippen LogP contribution in [0.4, 0.5) is 10.1 Å². The monoisotopic (exact) mass is 378 g/mol. The van der Waals surface area contributed by atoms with Crippen LogP contribution in [0.1, 0.15) is 15.9 Å². The van der Waals surface area contributed by atoms with Gasteiger partial charge in [0.1, 0.15) is 16.6 Å². The first-order chi connectivity index (χ1) is 13.0. The molecule has 0 aliphatic carbocycles. The van der Waals surface area contributed by atoms with E-state index < -0.39 is 11.7 Å². The summed E-state index contributed by atoms with van der Waals surface area (Å²) in [4.78, 5) is 17.0. The highest BCUT2D eigenvalue weighted by Gasteiger charge is 2.16. The third-order valence-electron chi connectivity index (χ3n) is 4.20. The van der Waals surface area contributed by atoms with E-state index in [0.717, 1.165) is 10.2 Å². The summed E-state index contributed by atoms with van der Waals surface area (Å²) >= 11 is 1.46. The summed E-state index contributed by atoms with van der Waals surface area (Å²) in [5.74, 6) is -1.02. The van der Waals surface area contributed by atoms with Crippen LogP contribution >= 0.6 is 11.3 Å². The molecule has 6 heteroatoms. The highest BCUT2D eigenvalue weighted by atomic mass is 32.1. The lowest BCUT2D eigenvalue weighted by Crippen LogP contribution is -2.13. The first kappa shape index (κ1) is 17.2. The molecule has 0 aliphatic rings. The van der Waals surface area contributed by atoms with Crippen molar-refractivity contribution in [1.29, 1.82) is 0 Å². The number of rotatable bonds is 3. The molecule has 0 spiro atoms. The number of fused-ring (bicyclic) bond motifs is 1. The quantitative estimate of drug-likeness (QED) is 0.471. The maximum atomic E-state index is 13.8. The van der Waals surface area contributed by atoms with Crippen molar-refractivity contribution in [3.63, 3.8) is 0 Å². The number of phenols is 1. The molecule has 0 saturated heterocycles. The highest BCUT2D eigenvalue weighted by Crippen LogP contribution is 2.38. The maximum absolute atomic E-state index is 13.8. The summed E-state index contributed by atoms with van der Waals surface area (Å²) in [6, 6.07) is 16.8. The van der Waals surface area contributed by atoms with Crippen molar-refractivity contribution in [3.05, 3.63) is 77.6 Å². The molecule has 0 fully saturated rings. The number of nitrogens with one attached hydrogen (secondary N) is 1. The molecule has 0 atom stereocenters. The number of thiazole rings is 1. The molecule has 1 aromatic heterocycles. The van der Waals surface area contributed by atoms with Gasteiger partial charge in [0.15, 0.2) is 0 Å². The summed E-state index contributed by atoms with van der Waals surface area (Å²) in [7, 11) is 0. The Labute approximate surface area is 158 Å². The Morgan fingerprint density at radius 2 is 1.85 bits per heavy atom. The Kier molecular flexibility index (Phi) is 4.33. The van der Waals surface area contributed by atoms with Crippen molar-refractivity contribution in [1.82, 2.24) is 4.98 Å². The Hall–Kier alpha value is -3.25. The Balaban J connectivity index is 1.73. The van der Waals surface area contributed by atoms with Gasteiger partial charge in [0.2, 0.25) is 0 Å². The summed E-state index contributed by atoms with van der Waals surface area (Å²) in [5.41, 5.74) is 2.39. The number of halogens is 1. The van der Waals surface area contributed by atoms with Crippen LogP contribution in [-0.2, 0) is 0 Å². The average molecular weight is 378 g/mol. The van der Waals surface area contributed by atoms with E-state index in [0.29, 0.717) is 21.8 Å². The molecule has 4 rings (SSSR count). The molecular formula is C21H15FN2O2S. The molecule has 0 radical (unpaired) electrons. The molecule has 0 bridgehead atoms. The van der Waals surface area contributed by atoms with Crippen LogP contribution in [-0.4, -0.2) is 16.0 Å². The molecule has 1 heterocycles. The number of phenolic OH excluding ortho intramolecular Hbond substituents is 1. The molecule has 4 aromatic rings. The van der Waals surface area contributed by atoms with Crippen LogP contribution in [0, 0.1) is 12.7 Å². The molecule has 0 saturated carbocycles. The lowest BCUT2D eigenvalue weighted by Gasteiger charge is -2.11. The molecule has 134 valence electrons. The molecule has 2 N–H and O–H groups in total. The maximum Gasteiger partial charge on any atom is 0.258 e. The predicted octanol–water partition coefficient (Wildman–Crippen LogP) is 5.37. The lowest BCUT2D eigenvalue weighted by molar-refractivity contribution is 0.102. The van der Waals surface area contributed by atoms with E-state index in [4.69, 9.17) is 0 Å². The van der Waals surface area contributed by atoms with Crippen molar-refractivity contribution in [2.75, 3.05) is 5.32 Å². The van der Waals surface area contributed by atoms with Crippen molar-refractivity contribution in [3.8, 4) is 16.3 Å². The zero-order valence-electron chi connectivity index (χ0n) is 14.4. The molecular weight excluding hydrogens is 363 g/mol. The zero-order valence-corrected chi connectivity index (χ0v) is 15.2. The van der Waals surface area contributed by atoms with Crippen LogP contribution in [0.2, 0.25) is 0 Å². The van der Waals surface area contributed by atoms with Crippen molar-refractivity contribution in [2.45, 2.75) is 6.92 Å². The van der Waals surface area contributed by atoms with E-state index in [2.05, 4.69) is 10.3 Å². The van der Waals surface area contributed by atoms with Crippen molar-refractivity contribution in [2.24, 2.45) is 0 Å². The van der Waals surface area contributed by atoms with Crippen LogP contribution in [0.15, 0.2) is 60.7 Å². The van der Waals surface area contributed by atoms with Gasteiger partial charge in [-0.2, -0.15) is 0 Å². The second kappa shape index (κ2) is 6.81. The first-order valence-corrected chi connectivity index (χ1v) is 9.10. The van der Waals surface area contributed by atoms with E-state index >= 15 is 0 Å². The number of aromatic nitrogens is 1. The van der Waals surface area contributed by atoms with Crippen LogP contribution < -0.4 is 5.32 Å². The van der Waals surface area contributed by atoms with Gasteiger partial charge in [-0.15, -0.1) is 11.3 Å². The summed E-state index contributed by atoms with van der Waals surface area (Å²) < 4.78 is 14.8. The van der Waals surface area contributed by atoms with Gasteiger partial charge in [0.05, 0.1) is 21.3 Å². The molecule has 0 aliphatic heterocycles. The number of amides is 1. The largest absolute Gasteiger partial charge is 0.507 e. The van der Waals surface area contributed by atoms with E-state index in [9.17, 15) is 14.3 Å². The number of aromatic hydroxyl groups is 1. The van der Waals surface area contributed by atoms with E-state index in [1.165, 1.54) is 29.5 Å². The summed E-state index contributed by atoms with van der Waals surface area (Å²) in [6.45, 7) is 1.74. The average Bonchev–Trinajstić information content (AvgIpc) is 3.08. The number of carbonyl (C=O) groups is 1. The molecule has 1 amide bonds. The molecule has 27 heavy (non-hydrogen) atoms. The number of anilines is 1. The number of nitrogens with zero attached hydrogens (tertiary/aromatic N) is 1. The second-order valence-electron chi connectivity index (χ2n) is 6.11. The zero-order chi connectivity index (χ0) is 19.0. The third kappa shape index (κ3) is 3.27. The van der Waals surface area contributed by atoms with E-state index in [-0.39, 0.29) is 11.3 Å². The standard InChI is InChI=1S/C21H15FN2O2S/c1-12-10-13(23-20(26)14-6-2-3-7-16(14)22)11-15(19(12)25)21-24-17-8-4-5-9-18(17)27-21/h2-11,25H,1H3,(H,23,26). The van der Waals surface area contributed by atoms with Crippen molar-refractivity contribution < 1.29 is 14.3 Å². The van der Waals surface area contributed by atoms with Gasteiger partial charge in [0.25, 0.3) is 5.91 Å². The second-order valence-corrected chi connectivity index (χ2v) is 7.14. The first-order valence-electron chi connectivity index (χ1n) is 8.28. The van der Waals surface area contributed by atoms with Gasteiger partial charge < -0.3 is 10.4 Å². The van der Waals surface area contributed by atoms with Crippen LogP contribution in [0.25, 0.3) is 20.8 Å². The minimum absolute atomic E-state index is 0.0373. The minimum atomic E-state index is -0.586. The van der Waals surface area contributed by atoms with Crippen LogP contribution in [0.5, 0.6) is 5.75 Å². The Morgan fingerprint density at radius 1 is 1.11 bits per heavy atom. The lowest BCUT2D eigenvalue weighted by atomic mass is 10.1. The topological polar surface area (TPSA) is 62.2 Å². The normalized spacial score (nSPS) is 10.9. The van der Waals surface area contributed by atoms with Gasteiger partial charge in [-0.05, 0) is 48.9 Å². The van der Waals surface area contributed by atoms with Gasteiger partial charge in [-0.25, -0.2) is 9.37 Å².